The van der Waals surface area contributed by atoms with Gasteiger partial charge in [-0.15, -0.1) is 0 Å². The van der Waals surface area contributed by atoms with Crippen LogP contribution >= 0.6 is 0 Å². The fourth-order valence-corrected chi connectivity index (χ4v) is 1.55. The van der Waals surface area contributed by atoms with Gasteiger partial charge in [-0.3, -0.25) is 9.78 Å². The number of amides is 1. The Morgan fingerprint density at radius 3 is 2.58 bits per heavy atom. The zero-order valence-electron chi connectivity index (χ0n) is 10.4. The van der Waals surface area contributed by atoms with Crippen LogP contribution in [-0.2, 0) is 0 Å². The van der Waals surface area contributed by atoms with E-state index >= 15 is 0 Å². The minimum absolute atomic E-state index is 0.0640. The van der Waals surface area contributed by atoms with Crippen LogP contribution < -0.4 is 5.32 Å². The Balaban J connectivity index is 2.24. The van der Waals surface area contributed by atoms with Crippen molar-refractivity contribution in [2.45, 2.75) is 13.8 Å². The first-order valence-corrected chi connectivity index (χ1v) is 5.50. The van der Waals surface area contributed by atoms with Crippen molar-refractivity contribution in [1.82, 2.24) is 15.0 Å². The number of aromatic carboxylic acids is 1. The van der Waals surface area contributed by atoms with E-state index in [2.05, 4.69) is 20.3 Å². The van der Waals surface area contributed by atoms with Crippen LogP contribution in [-0.4, -0.2) is 31.9 Å². The smallest absolute Gasteiger partial charge is 0.354 e. The Hall–Kier alpha value is -2.70. The number of carboxylic acids is 1. The number of nitrogens with zero attached hydrogens (tertiary/aromatic N) is 2. The molecule has 0 atom stereocenters. The second-order valence-electron chi connectivity index (χ2n) is 4.04. The van der Waals surface area contributed by atoms with Gasteiger partial charge in [0.2, 0.25) is 0 Å². The molecule has 0 bridgehead atoms. The monoisotopic (exact) mass is 260 g/mol. The van der Waals surface area contributed by atoms with Crippen LogP contribution in [0.25, 0.3) is 0 Å². The molecule has 2 rings (SSSR count). The number of carbonyl (C=O) groups is 2. The van der Waals surface area contributed by atoms with Crippen molar-refractivity contribution in [3.63, 3.8) is 0 Å². The summed E-state index contributed by atoms with van der Waals surface area (Å²) in [6.07, 6.45) is 2.81. The Kier molecular flexibility index (Phi) is 3.28. The van der Waals surface area contributed by atoms with Crippen LogP contribution in [0.2, 0.25) is 0 Å². The highest BCUT2D eigenvalue weighted by atomic mass is 16.4. The largest absolute Gasteiger partial charge is 0.477 e. The molecule has 0 aliphatic heterocycles. The lowest BCUT2D eigenvalue weighted by atomic mass is 10.3. The highest BCUT2D eigenvalue weighted by Gasteiger charge is 2.16. The second-order valence-corrected chi connectivity index (χ2v) is 4.04. The topological polar surface area (TPSA) is 108 Å². The Labute approximate surface area is 108 Å². The molecule has 3 N–H and O–H groups in total. The standard InChI is InChI=1S/C12H12N4O3/c1-6-3-8(10(15-6)12(18)19)16-11(17)9-5-13-7(2)4-14-9/h3-5,15H,1-2H3,(H,16,17)(H,18,19). The summed E-state index contributed by atoms with van der Waals surface area (Å²) in [7, 11) is 0. The van der Waals surface area contributed by atoms with Crippen LogP contribution in [0.3, 0.4) is 0 Å². The van der Waals surface area contributed by atoms with Gasteiger partial charge in [-0.2, -0.15) is 0 Å². The van der Waals surface area contributed by atoms with Gasteiger partial charge in [0, 0.05) is 11.9 Å². The average molecular weight is 260 g/mol. The van der Waals surface area contributed by atoms with Crippen molar-refractivity contribution in [2.24, 2.45) is 0 Å². The normalized spacial score (nSPS) is 10.2. The SMILES string of the molecule is Cc1cnc(C(=O)Nc2cc(C)[nH]c2C(=O)O)cn1. The summed E-state index contributed by atoms with van der Waals surface area (Å²) in [5.74, 6) is -1.65. The van der Waals surface area contributed by atoms with Gasteiger partial charge in [0.15, 0.2) is 0 Å². The number of carboxylic acid groups (broad SMARTS) is 1. The predicted molar refractivity (Wildman–Crippen MR) is 67.2 cm³/mol. The zero-order valence-corrected chi connectivity index (χ0v) is 10.4. The number of hydrogen-bond acceptors (Lipinski definition) is 4. The van der Waals surface area contributed by atoms with Gasteiger partial charge < -0.3 is 15.4 Å². The number of H-pyrrole nitrogens is 1. The van der Waals surface area contributed by atoms with Crippen LogP contribution in [0, 0.1) is 13.8 Å². The number of aryl methyl sites for hydroxylation is 2. The summed E-state index contributed by atoms with van der Waals surface area (Å²) >= 11 is 0. The molecular weight excluding hydrogens is 248 g/mol. The zero-order chi connectivity index (χ0) is 14.0. The first kappa shape index (κ1) is 12.7. The number of carbonyl (C=O) groups excluding carboxylic acids is 1. The molecule has 0 aromatic carbocycles. The summed E-state index contributed by atoms with van der Waals surface area (Å²) in [5, 5.41) is 11.5. The fraction of sp³-hybridized carbons (Fsp3) is 0.167. The molecule has 2 aromatic rings. The third-order valence-electron chi connectivity index (χ3n) is 2.43. The summed E-state index contributed by atoms with van der Waals surface area (Å²) in [5.41, 5.74) is 1.60. The highest BCUT2D eigenvalue weighted by Crippen LogP contribution is 2.17. The Morgan fingerprint density at radius 1 is 1.26 bits per heavy atom. The third-order valence-corrected chi connectivity index (χ3v) is 2.43. The van der Waals surface area contributed by atoms with Crippen molar-refractivity contribution in [2.75, 3.05) is 5.32 Å². The Bertz CT molecular complexity index is 631. The van der Waals surface area contributed by atoms with Gasteiger partial charge in [0.05, 0.1) is 17.6 Å². The van der Waals surface area contributed by atoms with Crippen molar-refractivity contribution >= 4 is 17.6 Å². The minimum atomic E-state index is -1.14. The average Bonchev–Trinajstić information content (AvgIpc) is 2.71. The minimum Gasteiger partial charge on any atom is -0.477 e. The van der Waals surface area contributed by atoms with Crippen LogP contribution in [0.15, 0.2) is 18.5 Å². The molecule has 2 aromatic heterocycles. The molecule has 0 aliphatic carbocycles. The predicted octanol–water partition coefficient (Wildman–Crippen LogP) is 1.37. The first-order valence-electron chi connectivity index (χ1n) is 5.50. The quantitative estimate of drug-likeness (QED) is 0.772. The molecule has 2 heterocycles. The third kappa shape index (κ3) is 2.76. The number of aromatic amines is 1. The number of aromatic nitrogens is 3. The van der Waals surface area contributed by atoms with E-state index in [0.29, 0.717) is 11.4 Å². The maximum atomic E-state index is 11.9. The van der Waals surface area contributed by atoms with Gasteiger partial charge >= 0.3 is 5.97 Å². The molecular formula is C12H12N4O3. The maximum Gasteiger partial charge on any atom is 0.354 e. The van der Waals surface area contributed by atoms with E-state index in [-0.39, 0.29) is 17.1 Å². The lowest BCUT2D eigenvalue weighted by molar-refractivity contribution is 0.0692. The summed E-state index contributed by atoms with van der Waals surface area (Å²) in [4.78, 5) is 33.4. The molecule has 0 aliphatic rings. The van der Waals surface area contributed by atoms with E-state index in [1.807, 2.05) is 0 Å². The molecule has 1 amide bonds. The van der Waals surface area contributed by atoms with Crippen LogP contribution in [0.1, 0.15) is 32.4 Å². The van der Waals surface area contributed by atoms with Crippen molar-refractivity contribution in [3.8, 4) is 0 Å². The molecule has 0 saturated heterocycles. The molecule has 0 radical (unpaired) electrons. The molecule has 0 fully saturated rings. The molecule has 7 nitrogen and oxygen atoms in total. The van der Waals surface area contributed by atoms with Crippen molar-refractivity contribution < 1.29 is 14.7 Å². The van der Waals surface area contributed by atoms with Crippen LogP contribution in [0.4, 0.5) is 5.69 Å². The number of nitrogens with one attached hydrogen (secondary N) is 2. The van der Waals surface area contributed by atoms with E-state index in [0.717, 1.165) is 0 Å². The summed E-state index contributed by atoms with van der Waals surface area (Å²) in [6.45, 7) is 3.46. The molecule has 0 unspecified atom stereocenters. The molecule has 0 spiro atoms. The van der Waals surface area contributed by atoms with E-state index in [9.17, 15) is 9.59 Å². The summed E-state index contributed by atoms with van der Waals surface area (Å²) in [6, 6.07) is 1.54. The van der Waals surface area contributed by atoms with Gasteiger partial charge in [0.1, 0.15) is 11.4 Å². The van der Waals surface area contributed by atoms with E-state index in [1.54, 1.807) is 19.9 Å². The number of rotatable bonds is 3. The lowest BCUT2D eigenvalue weighted by Gasteiger charge is -2.03. The first-order chi connectivity index (χ1) is 8.97. The second kappa shape index (κ2) is 4.89. The van der Waals surface area contributed by atoms with E-state index in [1.165, 1.54) is 12.4 Å². The number of anilines is 1. The fourth-order valence-electron chi connectivity index (χ4n) is 1.55. The lowest BCUT2D eigenvalue weighted by Crippen LogP contribution is -2.15. The van der Waals surface area contributed by atoms with E-state index in [4.69, 9.17) is 5.11 Å². The van der Waals surface area contributed by atoms with Gasteiger partial charge in [0.25, 0.3) is 5.91 Å². The molecule has 0 saturated carbocycles. The maximum absolute atomic E-state index is 11.9. The molecule has 19 heavy (non-hydrogen) atoms. The van der Waals surface area contributed by atoms with Gasteiger partial charge in [-0.05, 0) is 19.9 Å². The van der Waals surface area contributed by atoms with E-state index < -0.39 is 11.9 Å². The van der Waals surface area contributed by atoms with Crippen LogP contribution in [0.5, 0.6) is 0 Å². The van der Waals surface area contributed by atoms with Crippen molar-refractivity contribution in [3.05, 3.63) is 41.2 Å². The van der Waals surface area contributed by atoms with Crippen molar-refractivity contribution in [1.29, 1.82) is 0 Å². The van der Waals surface area contributed by atoms with Gasteiger partial charge in [-0.1, -0.05) is 0 Å². The molecule has 7 heteroatoms. The Morgan fingerprint density at radius 2 is 2.00 bits per heavy atom. The summed E-state index contributed by atoms with van der Waals surface area (Å²) < 4.78 is 0. The molecule has 98 valence electrons. The highest BCUT2D eigenvalue weighted by molar-refractivity contribution is 6.06. The number of hydrogen-bond donors (Lipinski definition) is 3. The van der Waals surface area contributed by atoms with Gasteiger partial charge in [-0.25, -0.2) is 9.78 Å².